The Kier molecular flexibility index (Phi) is 12.1. The Hall–Kier alpha value is -2.90. The molecule has 34 heavy (non-hydrogen) atoms. The van der Waals surface area contributed by atoms with Crippen LogP contribution in [0.1, 0.15) is 70.8 Å². The zero-order chi connectivity index (χ0) is 24.8. The third kappa shape index (κ3) is 9.93. The Morgan fingerprint density at radius 2 is 1.38 bits per heavy atom. The molecular formula is C26H40N4O4. The van der Waals surface area contributed by atoms with E-state index in [9.17, 15) is 19.2 Å². The molecule has 1 aromatic carbocycles. The summed E-state index contributed by atoms with van der Waals surface area (Å²) in [6.07, 6.45) is 4.36. The predicted molar refractivity (Wildman–Crippen MR) is 132 cm³/mol. The first-order chi connectivity index (χ1) is 16.4. The SMILES string of the molecule is CC(C)C1C(=O)NCCCCCC(=O)NCCCNC(=O)CCCC(=O)N1Cc1ccccc1. The highest BCUT2D eigenvalue weighted by Gasteiger charge is 2.32. The average Bonchev–Trinajstić information content (AvgIpc) is 2.80. The van der Waals surface area contributed by atoms with E-state index in [1.165, 1.54) is 0 Å². The summed E-state index contributed by atoms with van der Waals surface area (Å²) in [6, 6.07) is 9.05. The Bertz CT molecular complexity index is 797. The van der Waals surface area contributed by atoms with Crippen LogP contribution in [-0.4, -0.2) is 54.2 Å². The van der Waals surface area contributed by atoms with Crippen LogP contribution in [0.4, 0.5) is 0 Å². The van der Waals surface area contributed by atoms with Crippen LogP contribution in [-0.2, 0) is 25.7 Å². The van der Waals surface area contributed by atoms with Gasteiger partial charge >= 0.3 is 0 Å². The van der Waals surface area contributed by atoms with E-state index < -0.39 is 6.04 Å². The van der Waals surface area contributed by atoms with Gasteiger partial charge in [0.15, 0.2) is 0 Å². The predicted octanol–water partition coefficient (Wildman–Crippen LogP) is 2.52. The van der Waals surface area contributed by atoms with Gasteiger partial charge in [-0.05, 0) is 37.2 Å². The third-order valence-electron chi connectivity index (χ3n) is 5.92. The molecule has 0 aliphatic carbocycles. The highest BCUT2D eigenvalue weighted by Crippen LogP contribution is 2.18. The number of carbonyl (C=O) groups excluding carboxylic acids is 4. The Morgan fingerprint density at radius 3 is 2.03 bits per heavy atom. The minimum absolute atomic E-state index is 0.0136. The van der Waals surface area contributed by atoms with E-state index in [0.29, 0.717) is 45.4 Å². The summed E-state index contributed by atoms with van der Waals surface area (Å²) < 4.78 is 0. The standard InChI is InChI=1S/C26H40N4O4/c1-20(2)25-26(34)29-16-8-4-7-13-22(31)27-17-10-18-28-23(32)14-9-15-24(33)30(25)19-21-11-5-3-6-12-21/h3,5-6,11-12,20,25H,4,7-10,13-19H2,1-2H3,(H,27,31)(H,28,32)(H,29,34). The first-order valence-corrected chi connectivity index (χ1v) is 12.5. The molecule has 1 saturated heterocycles. The highest BCUT2D eigenvalue weighted by atomic mass is 16.2. The van der Waals surface area contributed by atoms with Crippen molar-refractivity contribution >= 4 is 23.6 Å². The Labute approximate surface area is 203 Å². The summed E-state index contributed by atoms with van der Waals surface area (Å²) in [6.45, 7) is 5.76. The molecular weight excluding hydrogens is 432 g/mol. The molecule has 1 heterocycles. The fourth-order valence-electron chi connectivity index (χ4n) is 4.09. The van der Waals surface area contributed by atoms with E-state index in [4.69, 9.17) is 0 Å². The molecule has 3 N–H and O–H groups in total. The molecule has 1 aromatic rings. The van der Waals surface area contributed by atoms with E-state index in [1.807, 2.05) is 44.2 Å². The molecule has 1 fully saturated rings. The molecule has 2 rings (SSSR count). The molecule has 0 bridgehead atoms. The maximum absolute atomic E-state index is 13.3. The number of carbonyl (C=O) groups is 4. The third-order valence-corrected chi connectivity index (χ3v) is 5.92. The van der Waals surface area contributed by atoms with E-state index in [0.717, 1.165) is 24.8 Å². The van der Waals surface area contributed by atoms with Crippen molar-refractivity contribution in [2.45, 2.75) is 77.8 Å². The first kappa shape index (κ1) is 27.3. The fourth-order valence-corrected chi connectivity index (χ4v) is 4.09. The van der Waals surface area contributed by atoms with Gasteiger partial charge in [-0.2, -0.15) is 0 Å². The minimum Gasteiger partial charge on any atom is -0.356 e. The van der Waals surface area contributed by atoms with Crippen molar-refractivity contribution in [3.8, 4) is 0 Å². The molecule has 1 aliphatic rings. The van der Waals surface area contributed by atoms with Crippen LogP contribution < -0.4 is 16.0 Å². The number of hydrogen-bond donors (Lipinski definition) is 3. The normalized spacial score (nSPS) is 20.9. The Morgan fingerprint density at radius 1 is 0.765 bits per heavy atom. The number of nitrogens with zero attached hydrogens (tertiary/aromatic N) is 1. The lowest BCUT2D eigenvalue weighted by Crippen LogP contribution is -2.52. The molecule has 1 unspecified atom stereocenters. The summed E-state index contributed by atoms with van der Waals surface area (Å²) in [5.74, 6) is -0.453. The molecule has 0 aromatic heterocycles. The van der Waals surface area contributed by atoms with Gasteiger partial charge < -0.3 is 20.9 Å². The van der Waals surface area contributed by atoms with Crippen molar-refractivity contribution in [3.63, 3.8) is 0 Å². The number of hydrogen-bond acceptors (Lipinski definition) is 4. The van der Waals surface area contributed by atoms with Gasteiger partial charge in [-0.25, -0.2) is 0 Å². The second-order valence-corrected chi connectivity index (χ2v) is 9.20. The molecule has 4 amide bonds. The monoisotopic (exact) mass is 472 g/mol. The van der Waals surface area contributed by atoms with Crippen LogP contribution in [0.25, 0.3) is 0 Å². The van der Waals surface area contributed by atoms with Crippen LogP contribution in [0.15, 0.2) is 30.3 Å². The van der Waals surface area contributed by atoms with Crippen molar-refractivity contribution in [1.29, 1.82) is 0 Å². The molecule has 1 aliphatic heterocycles. The van der Waals surface area contributed by atoms with Gasteiger partial charge in [-0.3, -0.25) is 19.2 Å². The quantitative estimate of drug-likeness (QED) is 0.628. The van der Waals surface area contributed by atoms with Gasteiger partial charge in [-0.1, -0.05) is 50.6 Å². The second-order valence-electron chi connectivity index (χ2n) is 9.20. The van der Waals surface area contributed by atoms with E-state index in [1.54, 1.807) is 4.90 Å². The summed E-state index contributed by atoms with van der Waals surface area (Å²) in [4.78, 5) is 52.1. The molecule has 188 valence electrons. The second kappa shape index (κ2) is 15.1. The summed E-state index contributed by atoms with van der Waals surface area (Å²) in [5.41, 5.74) is 0.958. The molecule has 0 radical (unpaired) electrons. The lowest BCUT2D eigenvalue weighted by Gasteiger charge is -2.34. The average molecular weight is 473 g/mol. The van der Waals surface area contributed by atoms with Crippen LogP contribution >= 0.6 is 0 Å². The molecule has 0 saturated carbocycles. The van der Waals surface area contributed by atoms with Crippen molar-refractivity contribution < 1.29 is 19.2 Å². The van der Waals surface area contributed by atoms with Crippen molar-refractivity contribution in [2.75, 3.05) is 19.6 Å². The van der Waals surface area contributed by atoms with Gasteiger partial charge in [0.2, 0.25) is 23.6 Å². The van der Waals surface area contributed by atoms with Crippen molar-refractivity contribution in [2.24, 2.45) is 5.92 Å². The molecule has 0 spiro atoms. The maximum atomic E-state index is 13.3. The number of rotatable bonds is 3. The van der Waals surface area contributed by atoms with E-state index in [2.05, 4.69) is 16.0 Å². The van der Waals surface area contributed by atoms with Gasteiger partial charge in [0.25, 0.3) is 0 Å². The van der Waals surface area contributed by atoms with Gasteiger partial charge in [0, 0.05) is 45.4 Å². The van der Waals surface area contributed by atoms with Gasteiger partial charge in [0.05, 0.1) is 0 Å². The maximum Gasteiger partial charge on any atom is 0.243 e. The lowest BCUT2D eigenvalue weighted by molar-refractivity contribution is -0.143. The molecule has 1 atom stereocenters. The molecule has 8 nitrogen and oxygen atoms in total. The van der Waals surface area contributed by atoms with E-state index >= 15 is 0 Å². The van der Waals surface area contributed by atoms with Crippen LogP contribution in [0.5, 0.6) is 0 Å². The van der Waals surface area contributed by atoms with E-state index in [-0.39, 0.29) is 42.4 Å². The number of amides is 4. The number of nitrogens with one attached hydrogen (secondary N) is 3. The van der Waals surface area contributed by atoms with Gasteiger partial charge in [0.1, 0.15) is 6.04 Å². The van der Waals surface area contributed by atoms with Crippen molar-refractivity contribution in [1.82, 2.24) is 20.9 Å². The van der Waals surface area contributed by atoms with Crippen LogP contribution in [0.2, 0.25) is 0 Å². The lowest BCUT2D eigenvalue weighted by atomic mass is 9.99. The fraction of sp³-hybridized carbons (Fsp3) is 0.615. The summed E-state index contributed by atoms with van der Waals surface area (Å²) in [5, 5.41) is 8.70. The smallest absolute Gasteiger partial charge is 0.243 e. The van der Waals surface area contributed by atoms with Crippen LogP contribution in [0.3, 0.4) is 0 Å². The van der Waals surface area contributed by atoms with Gasteiger partial charge in [-0.15, -0.1) is 0 Å². The van der Waals surface area contributed by atoms with Crippen molar-refractivity contribution in [3.05, 3.63) is 35.9 Å². The summed E-state index contributed by atoms with van der Waals surface area (Å²) in [7, 11) is 0. The zero-order valence-corrected chi connectivity index (χ0v) is 20.6. The summed E-state index contributed by atoms with van der Waals surface area (Å²) >= 11 is 0. The number of benzene rings is 1. The Balaban J connectivity index is 2.13. The zero-order valence-electron chi connectivity index (χ0n) is 20.6. The minimum atomic E-state index is -0.599. The molecule has 8 heteroatoms. The largest absolute Gasteiger partial charge is 0.356 e. The first-order valence-electron chi connectivity index (χ1n) is 12.5. The topological polar surface area (TPSA) is 108 Å². The van der Waals surface area contributed by atoms with Crippen LogP contribution in [0, 0.1) is 5.92 Å². The highest BCUT2D eigenvalue weighted by molar-refractivity contribution is 5.88.